The maximum Gasteiger partial charge on any atom is 0.155 e. The van der Waals surface area contributed by atoms with Crippen LogP contribution in [0.2, 0.25) is 0 Å². The molecule has 6 atom stereocenters. The first kappa shape index (κ1) is 18.4. The number of carbonyl (C=O) groups is 2. The fourth-order valence-corrected chi connectivity index (χ4v) is 7.47. The molecule has 0 heterocycles. The standard InChI is InChI=1S/C24H36O2/c1-4-5-6-7-16-14-18-19-8-9-22(26)24(19,3)13-11-20(18)23(2)12-10-17(25)15-21(16)23/h15-16,18-20H,4-14H2,1-3H3/t16-,18?,19?,20?,23-,24+/m1/s1. The molecule has 4 aliphatic carbocycles. The van der Waals surface area contributed by atoms with Gasteiger partial charge in [0.2, 0.25) is 0 Å². The lowest BCUT2D eigenvalue weighted by atomic mass is 9.45. The third-order valence-corrected chi connectivity index (χ3v) is 8.98. The van der Waals surface area contributed by atoms with Crippen molar-refractivity contribution in [3.05, 3.63) is 11.6 Å². The number of Topliss-reactive ketones (excluding diaryl/α,β-unsaturated/α-hetero) is 1. The first-order chi connectivity index (χ1) is 12.4. The molecule has 0 bridgehead atoms. The normalized spacial score (nSPS) is 45.0. The predicted octanol–water partition coefficient (Wildman–Crippen LogP) is 5.89. The SMILES string of the molecule is CCCCC[C@@H]1CC2C(CC[C@]3(C)C(=O)CCC23)[C@@]2(C)CCC(=O)C=C12. The molecule has 0 aromatic carbocycles. The summed E-state index contributed by atoms with van der Waals surface area (Å²) in [4.78, 5) is 24.9. The molecule has 0 aromatic heterocycles. The van der Waals surface area contributed by atoms with Gasteiger partial charge >= 0.3 is 0 Å². The van der Waals surface area contributed by atoms with E-state index in [1.165, 1.54) is 44.1 Å². The highest BCUT2D eigenvalue weighted by atomic mass is 16.1. The minimum Gasteiger partial charge on any atom is -0.299 e. The molecule has 0 saturated heterocycles. The Labute approximate surface area is 159 Å². The smallest absolute Gasteiger partial charge is 0.155 e. The molecule has 4 rings (SSSR count). The van der Waals surface area contributed by atoms with Crippen LogP contribution in [-0.2, 0) is 9.59 Å². The molecule has 0 N–H and O–H groups in total. The van der Waals surface area contributed by atoms with Crippen molar-refractivity contribution in [3.63, 3.8) is 0 Å². The van der Waals surface area contributed by atoms with Gasteiger partial charge in [0.05, 0.1) is 0 Å². The largest absolute Gasteiger partial charge is 0.299 e. The van der Waals surface area contributed by atoms with Gasteiger partial charge in [-0.2, -0.15) is 0 Å². The molecule has 4 aliphatic rings. The number of allylic oxidation sites excluding steroid dienone is 1. The van der Waals surface area contributed by atoms with Gasteiger partial charge in [0.1, 0.15) is 5.78 Å². The molecule has 0 aromatic rings. The maximum absolute atomic E-state index is 12.6. The summed E-state index contributed by atoms with van der Waals surface area (Å²) in [6.45, 7) is 7.00. The average Bonchev–Trinajstić information content (AvgIpc) is 2.92. The first-order valence-corrected chi connectivity index (χ1v) is 11.2. The summed E-state index contributed by atoms with van der Waals surface area (Å²) in [5, 5.41) is 0. The van der Waals surface area contributed by atoms with Crippen molar-refractivity contribution in [1.82, 2.24) is 0 Å². The number of rotatable bonds is 4. The molecular formula is C24H36O2. The van der Waals surface area contributed by atoms with Gasteiger partial charge in [0, 0.05) is 18.3 Å². The van der Waals surface area contributed by atoms with Gasteiger partial charge in [-0.1, -0.05) is 45.6 Å². The van der Waals surface area contributed by atoms with Gasteiger partial charge in [-0.05, 0) is 73.7 Å². The third kappa shape index (κ3) is 2.66. The molecule has 3 saturated carbocycles. The molecule has 144 valence electrons. The molecule has 0 aliphatic heterocycles. The lowest BCUT2D eigenvalue weighted by Crippen LogP contribution is -2.52. The van der Waals surface area contributed by atoms with E-state index in [-0.39, 0.29) is 10.8 Å². The van der Waals surface area contributed by atoms with E-state index in [0.29, 0.717) is 35.2 Å². The minimum absolute atomic E-state index is 0.0444. The lowest BCUT2D eigenvalue weighted by Gasteiger charge is -2.59. The highest BCUT2D eigenvalue weighted by Gasteiger charge is 2.60. The fourth-order valence-electron chi connectivity index (χ4n) is 7.47. The van der Waals surface area contributed by atoms with Crippen molar-refractivity contribution < 1.29 is 9.59 Å². The van der Waals surface area contributed by atoms with Crippen molar-refractivity contribution in [2.75, 3.05) is 0 Å². The molecule has 0 spiro atoms. The van der Waals surface area contributed by atoms with Crippen LogP contribution in [0.1, 0.15) is 91.4 Å². The van der Waals surface area contributed by atoms with Crippen LogP contribution in [0.5, 0.6) is 0 Å². The van der Waals surface area contributed by atoms with Crippen LogP contribution in [0.15, 0.2) is 11.6 Å². The van der Waals surface area contributed by atoms with E-state index in [1.54, 1.807) is 0 Å². The second-order valence-corrected chi connectivity index (χ2v) is 10.2. The van der Waals surface area contributed by atoms with Gasteiger partial charge in [-0.25, -0.2) is 0 Å². The Morgan fingerprint density at radius 1 is 1.00 bits per heavy atom. The number of hydrogen-bond donors (Lipinski definition) is 0. The van der Waals surface area contributed by atoms with Crippen LogP contribution in [0, 0.1) is 34.5 Å². The van der Waals surface area contributed by atoms with E-state index in [9.17, 15) is 9.59 Å². The number of fused-ring (bicyclic) bond motifs is 5. The van der Waals surface area contributed by atoms with Crippen molar-refractivity contribution in [2.45, 2.75) is 91.4 Å². The minimum atomic E-state index is -0.0444. The van der Waals surface area contributed by atoms with E-state index < -0.39 is 0 Å². The molecule has 0 amide bonds. The summed E-state index contributed by atoms with van der Waals surface area (Å²) in [5.74, 6) is 3.45. The summed E-state index contributed by atoms with van der Waals surface area (Å²) < 4.78 is 0. The zero-order valence-corrected chi connectivity index (χ0v) is 17.0. The Kier molecular flexibility index (Phi) is 4.68. The molecule has 3 fully saturated rings. The summed E-state index contributed by atoms with van der Waals surface area (Å²) in [7, 11) is 0. The summed E-state index contributed by atoms with van der Waals surface area (Å²) in [5.41, 5.74) is 1.66. The van der Waals surface area contributed by atoms with Gasteiger partial charge < -0.3 is 0 Å². The van der Waals surface area contributed by atoms with Gasteiger partial charge in [-0.15, -0.1) is 0 Å². The summed E-state index contributed by atoms with van der Waals surface area (Å²) >= 11 is 0. The number of ketones is 2. The summed E-state index contributed by atoms with van der Waals surface area (Å²) in [6.07, 6.45) is 14.3. The van der Waals surface area contributed by atoms with Gasteiger partial charge in [-0.3, -0.25) is 9.59 Å². The van der Waals surface area contributed by atoms with Gasteiger partial charge in [0.25, 0.3) is 0 Å². The van der Waals surface area contributed by atoms with E-state index in [2.05, 4.69) is 26.8 Å². The molecule has 0 radical (unpaired) electrons. The van der Waals surface area contributed by atoms with E-state index in [0.717, 1.165) is 32.1 Å². The molecule has 2 nitrogen and oxygen atoms in total. The molecular weight excluding hydrogens is 320 g/mol. The maximum atomic E-state index is 12.6. The topological polar surface area (TPSA) is 34.1 Å². The van der Waals surface area contributed by atoms with E-state index >= 15 is 0 Å². The third-order valence-electron chi connectivity index (χ3n) is 8.98. The Balaban J connectivity index is 1.68. The second-order valence-electron chi connectivity index (χ2n) is 10.2. The first-order valence-electron chi connectivity index (χ1n) is 11.2. The van der Waals surface area contributed by atoms with Crippen LogP contribution in [-0.4, -0.2) is 11.6 Å². The predicted molar refractivity (Wildman–Crippen MR) is 105 cm³/mol. The van der Waals surface area contributed by atoms with Crippen LogP contribution >= 0.6 is 0 Å². The Morgan fingerprint density at radius 2 is 1.77 bits per heavy atom. The highest BCUT2D eigenvalue weighted by molar-refractivity contribution is 5.92. The van der Waals surface area contributed by atoms with Gasteiger partial charge in [0.15, 0.2) is 5.78 Å². The number of carbonyl (C=O) groups excluding carboxylic acids is 2. The van der Waals surface area contributed by atoms with Crippen molar-refractivity contribution in [3.8, 4) is 0 Å². The quantitative estimate of drug-likeness (QED) is 0.588. The number of unbranched alkanes of at least 4 members (excludes halogenated alkanes) is 2. The lowest BCUT2D eigenvalue weighted by molar-refractivity contribution is -0.133. The Hall–Kier alpha value is -0.920. The van der Waals surface area contributed by atoms with Crippen molar-refractivity contribution in [2.24, 2.45) is 34.5 Å². The Morgan fingerprint density at radius 3 is 2.54 bits per heavy atom. The Bertz CT molecular complexity index is 632. The molecule has 3 unspecified atom stereocenters. The zero-order chi connectivity index (χ0) is 18.5. The van der Waals surface area contributed by atoms with Crippen LogP contribution in [0.4, 0.5) is 0 Å². The van der Waals surface area contributed by atoms with Crippen LogP contribution in [0.25, 0.3) is 0 Å². The fraction of sp³-hybridized carbons (Fsp3) is 0.833. The monoisotopic (exact) mass is 356 g/mol. The summed E-state index contributed by atoms with van der Waals surface area (Å²) in [6, 6.07) is 0. The zero-order valence-electron chi connectivity index (χ0n) is 17.0. The average molecular weight is 357 g/mol. The van der Waals surface area contributed by atoms with Crippen LogP contribution < -0.4 is 0 Å². The van der Waals surface area contributed by atoms with E-state index in [4.69, 9.17) is 0 Å². The van der Waals surface area contributed by atoms with Crippen LogP contribution in [0.3, 0.4) is 0 Å². The number of hydrogen-bond acceptors (Lipinski definition) is 2. The second kappa shape index (κ2) is 6.60. The van der Waals surface area contributed by atoms with E-state index in [1.807, 2.05) is 0 Å². The molecule has 26 heavy (non-hydrogen) atoms. The van der Waals surface area contributed by atoms with Crippen molar-refractivity contribution in [1.29, 1.82) is 0 Å². The van der Waals surface area contributed by atoms with Crippen molar-refractivity contribution >= 4 is 11.6 Å². The highest BCUT2D eigenvalue weighted by Crippen LogP contribution is 2.65. The molecule has 2 heteroatoms.